The third-order valence-electron chi connectivity index (χ3n) is 8.53. The molecule has 5 aromatic rings. The lowest BCUT2D eigenvalue weighted by atomic mass is 9.85. The molecule has 10 heteroatoms. The molecule has 1 fully saturated rings. The highest BCUT2D eigenvalue weighted by atomic mass is 19.1. The normalized spacial score (nSPS) is 15.4. The molecule has 1 amide bonds. The first-order chi connectivity index (χ1) is 20.4. The molecule has 1 aliphatic rings. The van der Waals surface area contributed by atoms with Crippen LogP contribution in [0.5, 0.6) is 0 Å². The molecule has 3 aromatic carbocycles. The van der Waals surface area contributed by atoms with Crippen LogP contribution in [-0.4, -0.2) is 34.0 Å². The van der Waals surface area contributed by atoms with Crippen molar-refractivity contribution in [2.45, 2.75) is 52.2 Å². The summed E-state index contributed by atoms with van der Waals surface area (Å²) in [6, 6.07) is 9.22. The van der Waals surface area contributed by atoms with Gasteiger partial charge in [0.1, 0.15) is 23.2 Å². The number of hydrogen-bond acceptors (Lipinski definition) is 5. The molecule has 0 saturated carbocycles. The molecule has 43 heavy (non-hydrogen) atoms. The third kappa shape index (κ3) is 4.88. The zero-order valence-electron chi connectivity index (χ0n) is 24.3. The van der Waals surface area contributed by atoms with Gasteiger partial charge >= 0.3 is 0 Å². The van der Waals surface area contributed by atoms with Gasteiger partial charge in [-0.25, -0.2) is 13.2 Å². The van der Waals surface area contributed by atoms with Gasteiger partial charge in [0.15, 0.2) is 0 Å². The van der Waals surface area contributed by atoms with E-state index >= 15 is 8.78 Å². The fraction of sp³-hybridized carbons (Fsp3) is 0.333. The predicted octanol–water partition coefficient (Wildman–Crippen LogP) is 6.83. The van der Waals surface area contributed by atoms with E-state index in [4.69, 9.17) is 15.0 Å². The number of aromatic nitrogens is 2. The summed E-state index contributed by atoms with van der Waals surface area (Å²) in [7, 11) is 0. The van der Waals surface area contributed by atoms with E-state index in [1.807, 2.05) is 10.6 Å². The van der Waals surface area contributed by atoms with Gasteiger partial charge in [-0.15, -0.1) is 0 Å². The van der Waals surface area contributed by atoms with Crippen molar-refractivity contribution in [3.63, 3.8) is 0 Å². The van der Waals surface area contributed by atoms with Gasteiger partial charge in [0.2, 0.25) is 5.91 Å². The second-order valence-electron chi connectivity index (χ2n) is 11.8. The van der Waals surface area contributed by atoms with Crippen molar-refractivity contribution in [3.05, 3.63) is 88.1 Å². The second-order valence-corrected chi connectivity index (χ2v) is 11.8. The summed E-state index contributed by atoms with van der Waals surface area (Å²) in [6.07, 6.45) is 0.971. The van der Waals surface area contributed by atoms with Gasteiger partial charge in [0.25, 0.3) is 0 Å². The van der Waals surface area contributed by atoms with Crippen LogP contribution in [0.25, 0.3) is 32.9 Å². The Hall–Kier alpha value is -4.15. The fourth-order valence-corrected chi connectivity index (χ4v) is 6.53. The van der Waals surface area contributed by atoms with E-state index in [2.05, 4.69) is 5.16 Å². The monoisotopic (exact) mass is 591 g/mol. The van der Waals surface area contributed by atoms with Crippen LogP contribution in [0.2, 0.25) is 0 Å². The highest BCUT2D eigenvalue weighted by Crippen LogP contribution is 2.45. The SMILES string of the molecule is Cc1noc(C)c1-c1cc(C(N)=O)c2c3ccc(C(C)(C)O)cc3n(C(c3c(F)cc(F)cc3F)C3CCOCC3)c2c1. The summed E-state index contributed by atoms with van der Waals surface area (Å²) in [4.78, 5) is 13.0. The molecule has 1 atom stereocenters. The van der Waals surface area contributed by atoms with Gasteiger partial charge in [0.05, 0.1) is 28.4 Å². The number of hydrogen-bond donors (Lipinski definition) is 2. The Morgan fingerprint density at radius 3 is 2.30 bits per heavy atom. The summed E-state index contributed by atoms with van der Waals surface area (Å²) < 4.78 is 58.5. The summed E-state index contributed by atoms with van der Waals surface area (Å²) in [5, 5.41) is 16.1. The van der Waals surface area contributed by atoms with Gasteiger partial charge in [-0.3, -0.25) is 4.79 Å². The smallest absolute Gasteiger partial charge is 0.249 e. The number of halogens is 3. The zero-order valence-corrected chi connectivity index (χ0v) is 24.3. The minimum atomic E-state index is -1.25. The molecule has 1 aliphatic heterocycles. The van der Waals surface area contributed by atoms with Crippen molar-refractivity contribution in [2.24, 2.45) is 11.7 Å². The highest BCUT2D eigenvalue weighted by Gasteiger charge is 2.35. The maximum atomic E-state index is 15.7. The number of aryl methyl sites for hydroxylation is 2. The van der Waals surface area contributed by atoms with Gasteiger partial charge in [0, 0.05) is 52.8 Å². The van der Waals surface area contributed by atoms with Crippen molar-refractivity contribution < 1.29 is 32.3 Å². The number of ether oxygens (including phenoxy) is 1. The van der Waals surface area contributed by atoms with Crippen LogP contribution in [-0.2, 0) is 10.3 Å². The maximum absolute atomic E-state index is 15.7. The summed E-state index contributed by atoms with van der Waals surface area (Å²) in [5.41, 5.74) is 8.08. The van der Waals surface area contributed by atoms with Crippen LogP contribution in [0.15, 0.2) is 47.0 Å². The lowest BCUT2D eigenvalue weighted by Gasteiger charge is -2.33. The number of aliphatic hydroxyl groups is 1. The van der Waals surface area contributed by atoms with E-state index in [0.29, 0.717) is 88.1 Å². The van der Waals surface area contributed by atoms with Crippen LogP contribution in [0.3, 0.4) is 0 Å². The van der Waals surface area contributed by atoms with Gasteiger partial charge in [-0.1, -0.05) is 17.3 Å². The molecule has 3 N–H and O–H groups in total. The third-order valence-corrected chi connectivity index (χ3v) is 8.53. The number of rotatable bonds is 6. The molecular weight excluding hydrogens is 559 g/mol. The van der Waals surface area contributed by atoms with E-state index < -0.39 is 35.0 Å². The van der Waals surface area contributed by atoms with Crippen LogP contribution in [0.4, 0.5) is 13.2 Å². The molecule has 2 aromatic heterocycles. The van der Waals surface area contributed by atoms with Crippen molar-refractivity contribution in [1.29, 1.82) is 0 Å². The van der Waals surface area contributed by atoms with Gasteiger partial charge in [-0.2, -0.15) is 0 Å². The first kappa shape index (κ1) is 28.9. The molecule has 1 unspecified atom stereocenters. The largest absolute Gasteiger partial charge is 0.386 e. The average molecular weight is 592 g/mol. The number of primary amides is 1. The molecule has 6 rings (SSSR count). The fourth-order valence-electron chi connectivity index (χ4n) is 6.53. The van der Waals surface area contributed by atoms with E-state index in [9.17, 15) is 14.3 Å². The minimum Gasteiger partial charge on any atom is -0.386 e. The second kappa shape index (κ2) is 10.5. The van der Waals surface area contributed by atoms with Crippen molar-refractivity contribution in [1.82, 2.24) is 9.72 Å². The van der Waals surface area contributed by atoms with E-state index in [1.54, 1.807) is 52.0 Å². The number of carbonyl (C=O) groups excluding carboxylic acids is 1. The number of benzene rings is 3. The molecular formula is C33H32F3N3O4. The van der Waals surface area contributed by atoms with Crippen molar-refractivity contribution in [3.8, 4) is 11.1 Å². The number of amides is 1. The van der Waals surface area contributed by atoms with Crippen LogP contribution >= 0.6 is 0 Å². The molecule has 224 valence electrons. The summed E-state index contributed by atoms with van der Waals surface area (Å²) >= 11 is 0. The van der Waals surface area contributed by atoms with Crippen molar-refractivity contribution in [2.75, 3.05) is 13.2 Å². The topological polar surface area (TPSA) is 104 Å². The number of nitrogens with zero attached hydrogens (tertiary/aromatic N) is 2. The molecule has 0 aliphatic carbocycles. The van der Waals surface area contributed by atoms with Crippen LogP contribution in [0, 0.1) is 37.2 Å². The summed E-state index contributed by atoms with van der Waals surface area (Å²) in [5.74, 6) is -3.53. The highest BCUT2D eigenvalue weighted by molar-refractivity contribution is 6.19. The summed E-state index contributed by atoms with van der Waals surface area (Å²) in [6.45, 7) is 7.58. The van der Waals surface area contributed by atoms with Crippen LogP contribution in [0.1, 0.15) is 65.7 Å². The first-order valence-corrected chi connectivity index (χ1v) is 14.2. The molecule has 1 saturated heterocycles. The van der Waals surface area contributed by atoms with Crippen molar-refractivity contribution >= 4 is 27.7 Å². The maximum Gasteiger partial charge on any atom is 0.249 e. The number of nitrogens with two attached hydrogens (primary N) is 1. The van der Waals surface area contributed by atoms with Crippen LogP contribution < -0.4 is 5.73 Å². The molecule has 0 radical (unpaired) electrons. The van der Waals surface area contributed by atoms with E-state index in [-0.39, 0.29) is 17.0 Å². The van der Waals surface area contributed by atoms with E-state index in [0.717, 1.165) is 0 Å². The Morgan fingerprint density at radius 2 is 1.72 bits per heavy atom. The number of fused-ring (bicyclic) bond motifs is 3. The molecule has 3 heterocycles. The quantitative estimate of drug-likeness (QED) is 0.225. The Kier molecular flexibility index (Phi) is 7.09. The van der Waals surface area contributed by atoms with E-state index in [1.165, 1.54) is 0 Å². The Labute approximate surface area is 246 Å². The Morgan fingerprint density at radius 1 is 1.05 bits per heavy atom. The van der Waals surface area contributed by atoms with Gasteiger partial charge in [-0.05, 0) is 75.8 Å². The molecule has 0 bridgehead atoms. The Balaban J connectivity index is 1.81. The zero-order chi connectivity index (χ0) is 30.8. The minimum absolute atomic E-state index is 0.207. The molecule has 7 nitrogen and oxygen atoms in total. The Bertz CT molecular complexity index is 1860. The average Bonchev–Trinajstić information content (AvgIpc) is 3.45. The number of carbonyl (C=O) groups is 1. The lowest BCUT2D eigenvalue weighted by Crippen LogP contribution is -2.28. The predicted molar refractivity (Wildman–Crippen MR) is 156 cm³/mol. The first-order valence-electron chi connectivity index (χ1n) is 14.2. The molecule has 0 spiro atoms. The standard InChI is InChI=1S/C33H32F3N3O4/c1-16-28(17(2)43-38-16)19-11-23(32(37)40)29-22-6-5-20(33(3,4)41)13-26(22)39(27(29)12-19)31(18-7-9-42-10-8-18)30-24(35)14-21(34)15-25(30)36/h5-6,11-15,18,31,41H,7-10H2,1-4H3,(H2,37,40). The van der Waals surface area contributed by atoms with Gasteiger partial charge < -0.3 is 24.7 Å². The lowest BCUT2D eigenvalue weighted by molar-refractivity contribution is 0.0543.